The number of carbonyl (C=O) groups is 4. The van der Waals surface area contributed by atoms with Crippen LogP contribution in [0.5, 0.6) is 0 Å². The third kappa shape index (κ3) is 5.63. The second-order valence-electron chi connectivity index (χ2n) is 10.2. The maximum Gasteiger partial charge on any atom is 0.307 e. The number of carbonyl (C=O) groups excluding carboxylic acids is 4. The van der Waals surface area contributed by atoms with Crippen LogP contribution in [0.2, 0.25) is 0 Å². The molecule has 2 aliphatic carbocycles. The van der Waals surface area contributed by atoms with Gasteiger partial charge in [-0.05, 0) is 13.8 Å². The summed E-state index contributed by atoms with van der Waals surface area (Å²) < 4.78 is 9.46. The maximum absolute atomic E-state index is 11.7. The van der Waals surface area contributed by atoms with Crippen LogP contribution in [0.4, 0.5) is 0 Å². The van der Waals surface area contributed by atoms with Gasteiger partial charge in [-0.2, -0.15) is 0 Å². The van der Waals surface area contributed by atoms with Gasteiger partial charge in [0.15, 0.2) is 15.5 Å². The third-order valence-electron chi connectivity index (χ3n) is 7.30. The van der Waals surface area contributed by atoms with Gasteiger partial charge in [-0.1, -0.05) is 62.5 Å². The van der Waals surface area contributed by atoms with Gasteiger partial charge in [-0.3, -0.25) is 19.2 Å². The first-order chi connectivity index (χ1) is 15.3. The van der Waals surface area contributed by atoms with Crippen molar-refractivity contribution >= 4 is 58.3 Å². The van der Waals surface area contributed by atoms with Gasteiger partial charge in [-0.25, -0.2) is 0 Å². The molecule has 4 aliphatic rings. The van der Waals surface area contributed by atoms with Crippen LogP contribution in [0.3, 0.4) is 0 Å². The summed E-state index contributed by atoms with van der Waals surface area (Å²) in [6, 6.07) is 0. The Morgan fingerprint density at radius 3 is 1.26 bits per heavy atom. The van der Waals surface area contributed by atoms with E-state index in [1.807, 2.05) is 27.7 Å². The zero-order valence-corrected chi connectivity index (χ0v) is 22.5. The Morgan fingerprint density at radius 2 is 1.00 bits per heavy atom. The molecule has 0 bridgehead atoms. The number of aliphatic hydroxyl groups excluding tert-OH is 2. The molecule has 0 radical (unpaired) electrons. The summed E-state index contributed by atoms with van der Waals surface area (Å²) in [6.45, 7) is 10.5. The summed E-state index contributed by atoms with van der Waals surface area (Å²) >= 11 is 14.4. The average molecular weight is 558 g/mol. The Balaban J connectivity index is 0.000000297. The van der Waals surface area contributed by atoms with Gasteiger partial charge >= 0.3 is 11.9 Å². The minimum atomic E-state index is -1.09. The second-order valence-corrected chi connectivity index (χ2v) is 12.1. The standard InChI is InChI=1S/2C11H14O4.CHCl3.H2O/c2*1-10(2)6-4-9(14)15-11(6,3)8(13)5-7(10)12;2-1(3)4;/h2*5-6,12H,4H2,1-3H3;1H;1H2/t2*6-,11-;;/m11../s1. The number of hydrogen-bond acceptors (Lipinski definition) is 8. The molecule has 4 N–H and O–H groups in total. The molecule has 2 aliphatic heterocycles. The summed E-state index contributed by atoms with van der Waals surface area (Å²) in [5, 5.41) is 19.5. The van der Waals surface area contributed by atoms with Gasteiger partial charge in [0, 0.05) is 34.8 Å². The number of hydrogen-bond donors (Lipinski definition) is 2. The van der Waals surface area contributed by atoms with E-state index in [2.05, 4.69) is 0 Å². The Kier molecular flexibility index (Phi) is 9.17. The largest absolute Gasteiger partial charge is 0.512 e. The van der Waals surface area contributed by atoms with Crippen molar-refractivity contribution in [1.29, 1.82) is 0 Å². The molecular formula is C23H31Cl3O9. The molecule has 0 spiro atoms. The minimum Gasteiger partial charge on any atom is -0.512 e. The van der Waals surface area contributed by atoms with Crippen LogP contribution < -0.4 is 0 Å². The Hall–Kier alpha value is -1.81. The molecule has 198 valence electrons. The Labute approximate surface area is 218 Å². The number of esters is 2. The number of halogens is 3. The van der Waals surface area contributed by atoms with E-state index in [4.69, 9.17) is 44.3 Å². The molecule has 0 aromatic carbocycles. The van der Waals surface area contributed by atoms with Crippen LogP contribution in [-0.4, -0.2) is 54.7 Å². The Bertz CT molecular complexity index is 893. The van der Waals surface area contributed by atoms with E-state index >= 15 is 0 Å². The molecule has 0 amide bonds. The van der Waals surface area contributed by atoms with E-state index in [9.17, 15) is 29.4 Å². The quantitative estimate of drug-likeness (QED) is 0.335. The zero-order chi connectivity index (χ0) is 26.4. The van der Waals surface area contributed by atoms with E-state index in [0.29, 0.717) is 0 Å². The number of rotatable bonds is 0. The van der Waals surface area contributed by atoms with Crippen molar-refractivity contribution in [3.05, 3.63) is 23.7 Å². The molecule has 2 heterocycles. The van der Waals surface area contributed by atoms with Gasteiger partial charge in [0.2, 0.25) is 11.6 Å². The normalized spacial score (nSPS) is 33.9. The predicted octanol–water partition coefficient (Wildman–Crippen LogP) is 3.88. The molecule has 2 saturated heterocycles. The highest BCUT2D eigenvalue weighted by atomic mass is 35.6. The number of alkyl halides is 3. The van der Waals surface area contributed by atoms with Gasteiger partial charge in [0.1, 0.15) is 11.5 Å². The number of ether oxygens (including phenoxy) is 2. The van der Waals surface area contributed by atoms with Crippen molar-refractivity contribution in [2.45, 2.75) is 69.9 Å². The van der Waals surface area contributed by atoms with E-state index < -0.39 is 26.3 Å². The predicted molar refractivity (Wildman–Crippen MR) is 129 cm³/mol. The van der Waals surface area contributed by atoms with Crippen LogP contribution in [0, 0.1) is 22.7 Å². The number of fused-ring (bicyclic) bond motifs is 2. The maximum atomic E-state index is 11.7. The lowest BCUT2D eigenvalue weighted by Gasteiger charge is -2.41. The summed E-state index contributed by atoms with van der Waals surface area (Å²) in [4.78, 5) is 46.0. The van der Waals surface area contributed by atoms with Crippen molar-refractivity contribution in [3.63, 3.8) is 0 Å². The molecule has 0 aromatic heterocycles. The topological polar surface area (TPSA) is 159 Å². The smallest absolute Gasteiger partial charge is 0.307 e. The third-order valence-corrected chi connectivity index (χ3v) is 7.30. The highest BCUT2D eigenvalue weighted by Gasteiger charge is 2.61. The van der Waals surface area contributed by atoms with Gasteiger partial charge in [0.05, 0.1) is 12.8 Å². The lowest BCUT2D eigenvalue weighted by molar-refractivity contribution is -0.158. The molecule has 9 nitrogen and oxygen atoms in total. The van der Waals surface area contributed by atoms with E-state index in [-0.39, 0.29) is 65.2 Å². The fourth-order valence-corrected chi connectivity index (χ4v) is 5.02. The molecule has 12 heteroatoms. The van der Waals surface area contributed by atoms with Crippen molar-refractivity contribution in [2.24, 2.45) is 22.7 Å². The molecule has 4 atom stereocenters. The fraction of sp³-hybridized carbons (Fsp3) is 0.652. The molecular weight excluding hydrogens is 527 g/mol. The summed E-state index contributed by atoms with van der Waals surface area (Å²) in [6.07, 6.45) is 2.73. The van der Waals surface area contributed by atoms with Crippen LogP contribution in [-0.2, 0) is 28.7 Å². The molecule has 0 saturated carbocycles. The van der Waals surface area contributed by atoms with Crippen LogP contribution >= 0.6 is 34.8 Å². The van der Waals surface area contributed by atoms with Crippen LogP contribution in [0.25, 0.3) is 0 Å². The second kappa shape index (κ2) is 10.3. The lowest BCUT2D eigenvalue weighted by Crippen LogP contribution is -2.50. The average Bonchev–Trinajstić information content (AvgIpc) is 3.17. The van der Waals surface area contributed by atoms with E-state index in [1.54, 1.807) is 13.8 Å². The van der Waals surface area contributed by atoms with E-state index in [1.165, 1.54) is 12.2 Å². The number of aliphatic hydroxyl groups is 2. The summed E-state index contributed by atoms with van der Waals surface area (Å²) in [5.74, 6) is -1.88. The Morgan fingerprint density at radius 1 is 0.743 bits per heavy atom. The molecule has 4 rings (SSSR count). The first-order valence-electron chi connectivity index (χ1n) is 10.6. The van der Waals surface area contributed by atoms with Crippen molar-refractivity contribution in [2.75, 3.05) is 0 Å². The van der Waals surface area contributed by atoms with Crippen LogP contribution in [0.1, 0.15) is 54.4 Å². The highest BCUT2D eigenvalue weighted by Crippen LogP contribution is 2.52. The monoisotopic (exact) mass is 556 g/mol. The zero-order valence-electron chi connectivity index (χ0n) is 20.3. The number of ketones is 2. The lowest BCUT2D eigenvalue weighted by atomic mass is 9.64. The number of allylic oxidation sites excluding steroid dienone is 2. The van der Waals surface area contributed by atoms with Crippen molar-refractivity contribution in [3.8, 4) is 0 Å². The molecule has 0 unspecified atom stereocenters. The van der Waals surface area contributed by atoms with Crippen molar-refractivity contribution in [1.82, 2.24) is 0 Å². The molecule has 35 heavy (non-hydrogen) atoms. The van der Waals surface area contributed by atoms with Gasteiger partial charge in [-0.15, -0.1) is 0 Å². The molecule has 2 fully saturated rings. The minimum absolute atomic E-state index is 0. The van der Waals surface area contributed by atoms with E-state index in [0.717, 1.165) is 0 Å². The van der Waals surface area contributed by atoms with Crippen LogP contribution in [0.15, 0.2) is 23.7 Å². The highest BCUT2D eigenvalue weighted by molar-refractivity contribution is 6.63. The van der Waals surface area contributed by atoms with Gasteiger partial charge in [0.25, 0.3) is 0 Å². The SMILES string of the molecule is CC1(C)C(O)=CC(=O)[C@]2(C)OC(=O)C[C@H]12.CC1(C)C(O)=CC(=O)[C@]2(C)OC(=O)C[C@H]12.ClC(Cl)Cl.O. The summed E-state index contributed by atoms with van der Waals surface area (Å²) in [7, 11) is 0. The molecule has 0 aromatic rings. The fourth-order valence-electron chi connectivity index (χ4n) is 5.02. The first-order valence-corrected chi connectivity index (χ1v) is 11.9. The van der Waals surface area contributed by atoms with Gasteiger partial charge < -0.3 is 25.2 Å². The van der Waals surface area contributed by atoms with Crippen molar-refractivity contribution < 1.29 is 44.3 Å². The summed E-state index contributed by atoms with van der Waals surface area (Å²) in [5.41, 5.74) is -3.36. The first kappa shape index (κ1) is 31.2.